The molecule has 1 aliphatic heterocycles. The molecule has 1 aromatic heterocycles. The van der Waals surface area contributed by atoms with E-state index in [1.54, 1.807) is 7.11 Å². The first-order chi connectivity index (χ1) is 13.8. The third kappa shape index (κ3) is 4.22. The summed E-state index contributed by atoms with van der Waals surface area (Å²) in [5, 5.41) is 3.26. The van der Waals surface area contributed by atoms with Gasteiger partial charge in [0.1, 0.15) is 6.10 Å². The highest BCUT2D eigenvalue weighted by Gasteiger charge is 2.37. The van der Waals surface area contributed by atoms with Crippen molar-refractivity contribution in [3.8, 4) is 0 Å². The van der Waals surface area contributed by atoms with Crippen LogP contribution in [0.1, 0.15) is 29.7 Å². The van der Waals surface area contributed by atoms with Crippen LogP contribution in [0.3, 0.4) is 0 Å². The lowest BCUT2D eigenvalue weighted by Gasteiger charge is -2.30. The molecule has 6 nitrogen and oxygen atoms in total. The number of methoxy groups -OCH3 is 1. The normalized spacial score (nSPS) is 20.7. The van der Waals surface area contributed by atoms with Gasteiger partial charge in [-0.1, -0.05) is 23.6 Å². The number of nitrogens with one attached hydrogen (secondary N) is 1. The van der Waals surface area contributed by atoms with Crippen molar-refractivity contribution in [1.29, 1.82) is 0 Å². The molecule has 28 heavy (non-hydrogen) atoms. The topological polar surface area (TPSA) is 55.7 Å². The number of rotatable bonds is 8. The molecule has 0 spiro atoms. The standard InChI is InChI=1S/C22H27N3O3/c1-27-12-5-4-11-24-15-17(19-6-2-3-7-20(19)24)16-25(18-8-9-18)22(26)21-14-23-10-13-28-21/h4-7,15,18,21,23H,8-14,16H2,1H3/b5-4+. The number of amides is 1. The average molecular weight is 381 g/mol. The maximum Gasteiger partial charge on any atom is 0.253 e. The van der Waals surface area contributed by atoms with E-state index in [0.717, 1.165) is 42.8 Å². The van der Waals surface area contributed by atoms with Crippen LogP contribution in [0.4, 0.5) is 0 Å². The number of nitrogens with zero attached hydrogens (tertiary/aromatic N) is 2. The van der Waals surface area contributed by atoms with Crippen LogP contribution in [0.2, 0.25) is 0 Å². The quantitative estimate of drug-likeness (QED) is 0.561. The lowest BCUT2D eigenvalue weighted by molar-refractivity contribution is -0.146. The molecule has 148 valence electrons. The second-order valence-corrected chi connectivity index (χ2v) is 7.37. The van der Waals surface area contributed by atoms with Crippen molar-refractivity contribution in [3.63, 3.8) is 0 Å². The Morgan fingerprint density at radius 2 is 2.25 bits per heavy atom. The Balaban J connectivity index is 1.54. The molecule has 1 saturated heterocycles. The number of aromatic nitrogens is 1. The highest BCUT2D eigenvalue weighted by Crippen LogP contribution is 2.32. The van der Waals surface area contributed by atoms with E-state index >= 15 is 0 Å². The van der Waals surface area contributed by atoms with Crippen molar-refractivity contribution in [2.45, 2.75) is 38.1 Å². The van der Waals surface area contributed by atoms with Crippen LogP contribution >= 0.6 is 0 Å². The van der Waals surface area contributed by atoms with Gasteiger partial charge in [0, 0.05) is 57.2 Å². The predicted octanol–water partition coefficient (Wildman–Crippen LogP) is 1.96. The van der Waals surface area contributed by atoms with E-state index in [1.807, 2.05) is 23.1 Å². The minimum Gasteiger partial charge on any atom is -0.381 e. The van der Waals surface area contributed by atoms with E-state index in [-0.39, 0.29) is 12.0 Å². The van der Waals surface area contributed by atoms with Crippen LogP contribution in [0.15, 0.2) is 29.8 Å². The van der Waals surface area contributed by atoms with Crippen LogP contribution in [0, 0.1) is 0 Å². The molecule has 2 heterocycles. The molecule has 1 N–H and O–H groups in total. The van der Waals surface area contributed by atoms with Gasteiger partial charge < -0.3 is 24.3 Å². The van der Waals surface area contributed by atoms with E-state index in [9.17, 15) is 4.79 Å². The maximum atomic E-state index is 13.1. The van der Waals surface area contributed by atoms with Crippen molar-refractivity contribution >= 4 is 18.1 Å². The molecule has 1 aromatic rings. The number of ether oxygens (including phenoxy) is 2. The van der Waals surface area contributed by atoms with Gasteiger partial charge in [-0.15, -0.1) is 0 Å². The first kappa shape index (κ1) is 19.0. The third-order valence-electron chi connectivity index (χ3n) is 5.30. The van der Waals surface area contributed by atoms with E-state index < -0.39 is 0 Å². The fourth-order valence-corrected chi connectivity index (χ4v) is 3.69. The first-order valence-corrected chi connectivity index (χ1v) is 9.94. The van der Waals surface area contributed by atoms with Gasteiger partial charge in [0.05, 0.1) is 18.9 Å². The predicted molar refractivity (Wildman–Crippen MR) is 108 cm³/mol. The van der Waals surface area contributed by atoms with Crippen LogP contribution in [0.25, 0.3) is 12.2 Å². The molecule has 1 unspecified atom stereocenters. The highest BCUT2D eigenvalue weighted by molar-refractivity contribution is 5.82. The van der Waals surface area contributed by atoms with E-state index in [4.69, 9.17) is 9.47 Å². The van der Waals surface area contributed by atoms with E-state index in [1.165, 1.54) is 0 Å². The lowest BCUT2D eigenvalue weighted by atomic mass is 10.1. The SMILES string of the molecule is COC/C=C/Cn1cc(CN(C(=O)C2CNCCO2)C2CC2)c2c1C=C=C=C2. The van der Waals surface area contributed by atoms with Gasteiger partial charge in [-0.2, -0.15) is 0 Å². The molecule has 2 aliphatic carbocycles. The molecule has 0 aromatic carbocycles. The van der Waals surface area contributed by atoms with E-state index in [0.29, 0.717) is 32.3 Å². The monoisotopic (exact) mass is 381 g/mol. The van der Waals surface area contributed by atoms with Gasteiger partial charge in [0.2, 0.25) is 0 Å². The highest BCUT2D eigenvalue weighted by atomic mass is 16.5. The number of allylic oxidation sites excluding steroid dienone is 1. The fraction of sp³-hybridized carbons (Fsp3) is 0.500. The summed E-state index contributed by atoms with van der Waals surface area (Å²) < 4.78 is 13.0. The molecule has 1 amide bonds. The van der Waals surface area contributed by atoms with Gasteiger partial charge in [0.15, 0.2) is 0 Å². The molecule has 4 rings (SSSR count). The Kier molecular flexibility index (Phi) is 5.96. The van der Waals surface area contributed by atoms with Crippen LogP contribution in [-0.4, -0.2) is 60.9 Å². The Labute approximate surface area is 165 Å². The lowest BCUT2D eigenvalue weighted by Crippen LogP contribution is -2.49. The van der Waals surface area contributed by atoms with Crippen molar-refractivity contribution < 1.29 is 14.3 Å². The van der Waals surface area contributed by atoms with Gasteiger partial charge in [0.25, 0.3) is 5.91 Å². The van der Waals surface area contributed by atoms with E-state index in [2.05, 4.69) is 33.6 Å². The summed E-state index contributed by atoms with van der Waals surface area (Å²) in [6, 6.07) is 0.331. The van der Waals surface area contributed by atoms with Gasteiger partial charge >= 0.3 is 0 Å². The van der Waals surface area contributed by atoms with Crippen molar-refractivity contribution in [1.82, 2.24) is 14.8 Å². The molecule has 0 bridgehead atoms. The maximum absolute atomic E-state index is 13.1. The second-order valence-electron chi connectivity index (χ2n) is 7.37. The van der Waals surface area contributed by atoms with Crippen molar-refractivity contribution in [2.75, 3.05) is 33.4 Å². The smallest absolute Gasteiger partial charge is 0.253 e. The Bertz CT molecular complexity index is 847. The minimum atomic E-state index is -0.375. The molecular formula is C22H27N3O3. The summed E-state index contributed by atoms with van der Waals surface area (Å²) in [6.07, 6.45) is 11.9. The molecule has 3 aliphatic rings. The molecule has 1 saturated carbocycles. The summed E-state index contributed by atoms with van der Waals surface area (Å²) >= 11 is 0. The Morgan fingerprint density at radius 3 is 3.00 bits per heavy atom. The van der Waals surface area contributed by atoms with Crippen LogP contribution in [-0.2, 0) is 27.4 Å². The summed E-state index contributed by atoms with van der Waals surface area (Å²) in [7, 11) is 1.69. The Morgan fingerprint density at radius 1 is 1.39 bits per heavy atom. The zero-order chi connectivity index (χ0) is 19.3. The average Bonchev–Trinajstić information content (AvgIpc) is 3.53. The summed E-state index contributed by atoms with van der Waals surface area (Å²) in [5.74, 6) is 0.0991. The van der Waals surface area contributed by atoms with Crippen molar-refractivity contribution in [3.05, 3.63) is 46.6 Å². The third-order valence-corrected chi connectivity index (χ3v) is 5.30. The number of morpholine rings is 1. The zero-order valence-electron chi connectivity index (χ0n) is 16.3. The van der Waals surface area contributed by atoms with Gasteiger partial charge in [-0.25, -0.2) is 0 Å². The number of hydrogen-bond acceptors (Lipinski definition) is 4. The van der Waals surface area contributed by atoms with Crippen LogP contribution in [0.5, 0.6) is 0 Å². The fourth-order valence-electron chi connectivity index (χ4n) is 3.69. The van der Waals surface area contributed by atoms with Crippen LogP contribution < -0.4 is 5.32 Å². The molecule has 0 radical (unpaired) electrons. The number of hydrogen-bond donors (Lipinski definition) is 1. The molecule has 2 fully saturated rings. The summed E-state index contributed by atoms with van der Waals surface area (Å²) in [6.45, 7) is 3.95. The largest absolute Gasteiger partial charge is 0.381 e. The summed E-state index contributed by atoms with van der Waals surface area (Å²) in [5.41, 5.74) is 9.49. The molecule has 1 atom stereocenters. The summed E-state index contributed by atoms with van der Waals surface area (Å²) in [4.78, 5) is 15.1. The number of carbonyl (C=O) groups excluding carboxylic acids is 1. The first-order valence-electron chi connectivity index (χ1n) is 9.94. The molecule has 6 heteroatoms. The Hall–Kier alpha value is -2.33. The van der Waals surface area contributed by atoms with Gasteiger partial charge in [-0.3, -0.25) is 4.79 Å². The minimum absolute atomic E-state index is 0.0991. The zero-order valence-corrected chi connectivity index (χ0v) is 16.3. The van der Waals surface area contributed by atoms with Crippen molar-refractivity contribution in [2.24, 2.45) is 0 Å². The number of carbonyl (C=O) groups is 1. The molecular weight excluding hydrogens is 354 g/mol. The number of fused-ring (bicyclic) bond motifs is 1. The van der Waals surface area contributed by atoms with Gasteiger partial charge in [-0.05, 0) is 24.5 Å². The second kappa shape index (κ2) is 8.78.